The number of nitrogens with zero attached hydrogens (tertiary/aromatic N) is 2. The Balaban J connectivity index is 1.08. The number of hydrogen-bond donors (Lipinski definition) is 0. The van der Waals surface area contributed by atoms with Crippen LogP contribution in [0.4, 0.5) is 34.1 Å². The molecule has 0 radical (unpaired) electrons. The van der Waals surface area contributed by atoms with E-state index in [-0.39, 0.29) is 0 Å². The molecule has 13 rings (SSSR count). The second kappa shape index (κ2) is 14.6. The molecule has 0 aliphatic carbocycles. The van der Waals surface area contributed by atoms with E-state index in [9.17, 15) is 0 Å². The van der Waals surface area contributed by atoms with Crippen LogP contribution >= 0.6 is 0 Å². The summed E-state index contributed by atoms with van der Waals surface area (Å²) in [6.45, 7) is 4.86. The van der Waals surface area contributed by atoms with E-state index in [2.05, 4.69) is 218 Å². The topological polar surface area (TPSA) is 32.8 Å². The molecule has 310 valence electrons. The quantitative estimate of drug-likeness (QED) is 0.113. The van der Waals surface area contributed by atoms with Gasteiger partial charge in [0.05, 0.1) is 5.69 Å². The molecule has 1 aliphatic heterocycles. The molecule has 0 amide bonds. The molecule has 0 saturated heterocycles. The van der Waals surface area contributed by atoms with E-state index >= 15 is 0 Å². The van der Waals surface area contributed by atoms with E-state index in [4.69, 9.17) is 8.83 Å². The molecule has 12 aromatic rings. The summed E-state index contributed by atoms with van der Waals surface area (Å²) in [5, 5.41) is 12.5. The number of rotatable bonds is 8. The van der Waals surface area contributed by atoms with Gasteiger partial charge in [-0.25, -0.2) is 0 Å². The van der Waals surface area contributed by atoms with Gasteiger partial charge in [0.2, 0.25) is 0 Å². The Morgan fingerprint density at radius 3 is 1.43 bits per heavy atom. The maximum absolute atomic E-state index is 6.36. The molecule has 0 atom stereocenters. The number of anilines is 6. The van der Waals surface area contributed by atoms with Gasteiger partial charge in [0, 0.05) is 55.4 Å². The molecule has 0 fully saturated rings. The van der Waals surface area contributed by atoms with Crippen LogP contribution in [0.5, 0.6) is 0 Å². The van der Waals surface area contributed by atoms with Gasteiger partial charge >= 0.3 is 0 Å². The number of furan rings is 2. The summed E-state index contributed by atoms with van der Waals surface area (Å²) >= 11 is 0. The van der Waals surface area contributed by atoms with Gasteiger partial charge in [0.1, 0.15) is 30.4 Å². The highest BCUT2D eigenvalue weighted by Gasteiger charge is 2.44. The van der Waals surface area contributed by atoms with Gasteiger partial charge < -0.3 is 18.6 Å². The van der Waals surface area contributed by atoms with Crippen LogP contribution in [0.25, 0.3) is 76.5 Å². The molecule has 10 aromatic carbocycles. The molecule has 0 spiro atoms. The van der Waals surface area contributed by atoms with Crippen LogP contribution in [-0.2, 0) is 0 Å². The first-order chi connectivity index (χ1) is 32.1. The fourth-order valence-corrected chi connectivity index (χ4v) is 15.7. The summed E-state index contributed by atoms with van der Waals surface area (Å²) in [4.78, 5) is 4.91. The van der Waals surface area contributed by atoms with Crippen molar-refractivity contribution >= 4 is 118 Å². The zero-order valence-corrected chi connectivity index (χ0v) is 37.3. The lowest BCUT2D eigenvalue weighted by Crippen LogP contribution is -2.54. The van der Waals surface area contributed by atoms with Crippen LogP contribution in [0, 0.1) is 0 Å². The molecule has 5 heteroatoms. The largest absolute Gasteiger partial charge is 0.456 e. The van der Waals surface area contributed by atoms with Crippen molar-refractivity contribution in [2.24, 2.45) is 0 Å². The fraction of sp³-hybridized carbons (Fsp3) is 0.0667. The molecule has 3 heterocycles. The minimum atomic E-state index is -2.30. The van der Waals surface area contributed by atoms with Crippen molar-refractivity contribution in [2.75, 3.05) is 9.80 Å². The Morgan fingerprint density at radius 1 is 0.354 bits per heavy atom. The molecule has 0 saturated carbocycles. The smallest absolute Gasteiger partial charge is 0.135 e. The predicted octanol–water partition coefficient (Wildman–Crippen LogP) is 16.3. The number of benzene rings is 10. The third-order valence-corrected chi connectivity index (χ3v) is 19.6. The number of para-hydroxylation sites is 4. The number of fused-ring (bicyclic) bond motifs is 12. The number of hydrogen-bond acceptors (Lipinski definition) is 4. The summed E-state index contributed by atoms with van der Waals surface area (Å²) in [6, 6.07) is 77.6. The first-order valence-corrected chi connectivity index (χ1v) is 25.2. The lowest BCUT2D eigenvalue weighted by Gasteiger charge is -2.31. The molecular weight excluding hydrogens is 809 g/mol. The SMILES string of the molecule is CC[Si]1(CC)c2ccc(N(c3ccccc3)c3ccc4oc5ccccc5c4c3)cc2-c2c1cc(N(c1ccccc1)c1ccc3oc4ccccc4c3c1)c1cc3ccccc3cc21. The summed E-state index contributed by atoms with van der Waals surface area (Å²) in [5.41, 5.74) is 13.1. The molecule has 0 N–H and O–H groups in total. The lowest BCUT2D eigenvalue weighted by atomic mass is 9.93. The van der Waals surface area contributed by atoms with E-state index in [0.717, 1.165) is 84.4 Å². The first-order valence-electron chi connectivity index (χ1n) is 22.8. The Morgan fingerprint density at radius 2 is 0.831 bits per heavy atom. The Hall–Kier alpha value is -7.86. The highest BCUT2D eigenvalue weighted by Crippen LogP contribution is 2.48. The van der Waals surface area contributed by atoms with Crippen LogP contribution in [0.15, 0.2) is 215 Å². The monoisotopic (exact) mass is 852 g/mol. The Bertz CT molecular complexity index is 3830. The molecule has 0 bridgehead atoms. The van der Waals surface area contributed by atoms with E-state index < -0.39 is 8.07 Å². The lowest BCUT2D eigenvalue weighted by molar-refractivity contribution is 0.668. The first kappa shape index (κ1) is 37.7. The maximum atomic E-state index is 6.36. The van der Waals surface area contributed by atoms with Crippen molar-refractivity contribution < 1.29 is 8.83 Å². The Labute approximate surface area is 378 Å². The van der Waals surface area contributed by atoms with Gasteiger partial charge in [0.15, 0.2) is 0 Å². The van der Waals surface area contributed by atoms with E-state index in [1.54, 1.807) is 0 Å². The molecule has 0 unspecified atom stereocenters. The zero-order chi connectivity index (χ0) is 43.2. The minimum absolute atomic E-state index is 0.893. The third-order valence-electron chi connectivity index (χ3n) is 14.3. The molecule has 2 aromatic heterocycles. The second-order valence-electron chi connectivity index (χ2n) is 17.5. The van der Waals surface area contributed by atoms with Crippen LogP contribution in [-0.4, -0.2) is 8.07 Å². The summed E-state index contributed by atoms with van der Waals surface area (Å²) in [6.07, 6.45) is 0. The third kappa shape index (κ3) is 5.68. The van der Waals surface area contributed by atoms with Gasteiger partial charge in [-0.15, -0.1) is 0 Å². The van der Waals surface area contributed by atoms with Gasteiger partial charge in [-0.1, -0.05) is 129 Å². The van der Waals surface area contributed by atoms with Crippen LogP contribution < -0.4 is 20.2 Å². The van der Waals surface area contributed by atoms with Gasteiger partial charge in [-0.3, -0.25) is 0 Å². The summed E-state index contributed by atoms with van der Waals surface area (Å²) < 4.78 is 12.7. The van der Waals surface area contributed by atoms with E-state index in [1.807, 2.05) is 12.1 Å². The summed E-state index contributed by atoms with van der Waals surface area (Å²) in [7, 11) is -2.30. The van der Waals surface area contributed by atoms with E-state index in [1.165, 1.54) is 48.7 Å². The normalized spacial score (nSPS) is 13.0. The van der Waals surface area contributed by atoms with Crippen LogP contribution in [0.3, 0.4) is 0 Å². The average Bonchev–Trinajstić information content (AvgIpc) is 4.02. The van der Waals surface area contributed by atoms with Crippen molar-refractivity contribution in [1.29, 1.82) is 0 Å². The predicted molar refractivity (Wildman–Crippen MR) is 277 cm³/mol. The van der Waals surface area contributed by atoms with Gasteiger partial charge in [-0.05, 0) is 141 Å². The zero-order valence-electron chi connectivity index (χ0n) is 36.3. The van der Waals surface area contributed by atoms with Crippen molar-refractivity contribution in [2.45, 2.75) is 25.9 Å². The van der Waals surface area contributed by atoms with Crippen molar-refractivity contribution in [1.82, 2.24) is 0 Å². The summed E-state index contributed by atoms with van der Waals surface area (Å²) in [5.74, 6) is 0. The van der Waals surface area contributed by atoms with Crippen LogP contribution in [0.1, 0.15) is 13.8 Å². The van der Waals surface area contributed by atoms with Gasteiger partial charge in [0.25, 0.3) is 0 Å². The van der Waals surface area contributed by atoms with Crippen molar-refractivity contribution in [3.63, 3.8) is 0 Å². The molecular formula is C60H44N2O2Si. The van der Waals surface area contributed by atoms with Crippen molar-refractivity contribution in [3.8, 4) is 11.1 Å². The molecule has 65 heavy (non-hydrogen) atoms. The fourth-order valence-electron chi connectivity index (χ4n) is 11.1. The van der Waals surface area contributed by atoms with E-state index in [0.29, 0.717) is 0 Å². The van der Waals surface area contributed by atoms with Crippen molar-refractivity contribution in [3.05, 3.63) is 206 Å². The highest BCUT2D eigenvalue weighted by molar-refractivity contribution is 7.05. The molecule has 4 nitrogen and oxygen atoms in total. The highest BCUT2D eigenvalue weighted by atomic mass is 28.3. The maximum Gasteiger partial charge on any atom is 0.135 e. The average molecular weight is 853 g/mol. The standard InChI is InChI=1S/C60H44N2O2Si/c1-3-65(4-2)58-32-29-44(61(41-19-7-5-8-20-41)43-27-30-56-49(35-43)46-23-13-15-25-54(46)63-56)37-52(58)60-51-34-40-18-12-11-17-39(40)33-48(51)53(38-59(60)65)62(42-21-9-6-10-22-42)45-28-31-57-50(36-45)47-24-14-16-26-55(47)64-57/h5-38H,3-4H2,1-2H3. The van der Waals surface area contributed by atoms with Crippen LogP contribution in [0.2, 0.25) is 12.1 Å². The molecule has 1 aliphatic rings. The Kier molecular flexibility index (Phi) is 8.46. The second-order valence-corrected chi connectivity index (χ2v) is 22.1. The van der Waals surface area contributed by atoms with Gasteiger partial charge in [-0.2, -0.15) is 0 Å². The minimum Gasteiger partial charge on any atom is -0.456 e.